The fraction of sp³-hybridized carbons (Fsp3) is 0.688. The zero-order chi connectivity index (χ0) is 16.7. The number of thiophene rings is 1. The number of halogens is 1. The number of rotatable bonds is 7. The molecule has 1 aliphatic heterocycles. The SMILES string of the molecule is CCNC(=NCC(O)c1ccc(Cl)s1)N1CCC(COCC)C1. The van der Waals surface area contributed by atoms with Crippen LogP contribution >= 0.6 is 22.9 Å². The third-order valence-corrected chi connectivity index (χ3v) is 5.15. The molecule has 5 nitrogen and oxygen atoms in total. The Labute approximate surface area is 147 Å². The van der Waals surface area contributed by atoms with Crippen molar-refractivity contribution in [2.24, 2.45) is 10.9 Å². The van der Waals surface area contributed by atoms with E-state index in [4.69, 9.17) is 16.3 Å². The molecule has 23 heavy (non-hydrogen) atoms. The Kier molecular flexibility index (Phi) is 7.62. The number of nitrogens with zero attached hydrogens (tertiary/aromatic N) is 2. The maximum atomic E-state index is 10.2. The number of aliphatic hydroxyl groups excluding tert-OH is 1. The van der Waals surface area contributed by atoms with Crippen molar-refractivity contribution >= 4 is 28.9 Å². The molecule has 1 aliphatic rings. The van der Waals surface area contributed by atoms with Crippen LogP contribution in [0.25, 0.3) is 0 Å². The van der Waals surface area contributed by atoms with E-state index in [1.54, 1.807) is 6.07 Å². The van der Waals surface area contributed by atoms with Crippen molar-refractivity contribution < 1.29 is 9.84 Å². The van der Waals surface area contributed by atoms with Gasteiger partial charge in [-0.05, 0) is 32.4 Å². The molecule has 130 valence electrons. The summed E-state index contributed by atoms with van der Waals surface area (Å²) in [5, 5.41) is 13.6. The molecule has 1 aromatic rings. The van der Waals surface area contributed by atoms with E-state index in [1.807, 2.05) is 13.0 Å². The minimum atomic E-state index is -0.608. The first-order chi connectivity index (χ1) is 11.1. The van der Waals surface area contributed by atoms with Gasteiger partial charge >= 0.3 is 0 Å². The van der Waals surface area contributed by atoms with Gasteiger partial charge in [-0.15, -0.1) is 11.3 Å². The van der Waals surface area contributed by atoms with Crippen LogP contribution in [0.2, 0.25) is 4.34 Å². The normalized spacial score (nSPS) is 20.1. The van der Waals surface area contributed by atoms with Crippen LogP contribution in [0.3, 0.4) is 0 Å². The monoisotopic (exact) mass is 359 g/mol. The van der Waals surface area contributed by atoms with Gasteiger partial charge in [0.25, 0.3) is 0 Å². The molecule has 1 fully saturated rings. The number of aliphatic imine (C=N–C) groups is 1. The van der Waals surface area contributed by atoms with E-state index in [0.29, 0.717) is 16.8 Å². The molecular weight excluding hydrogens is 334 g/mol. The van der Waals surface area contributed by atoms with Crippen LogP contribution in [0.1, 0.15) is 31.2 Å². The number of hydrogen-bond donors (Lipinski definition) is 2. The van der Waals surface area contributed by atoms with E-state index in [1.165, 1.54) is 11.3 Å². The maximum Gasteiger partial charge on any atom is 0.194 e. The van der Waals surface area contributed by atoms with Gasteiger partial charge in [0.2, 0.25) is 0 Å². The summed E-state index contributed by atoms with van der Waals surface area (Å²) in [6.07, 6.45) is 0.510. The summed E-state index contributed by atoms with van der Waals surface area (Å²) in [5.74, 6) is 1.42. The predicted molar refractivity (Wildman–Crippen MR) is 96.4 cm³/mol. The van der Waals surface area contributed by atoms with E-state index in [0.717, 1.165) is 50.1 Å². The molecule has 0 amide bonds. The van der Waals surface area contributed by atoms with Crippen molar-refractivity contribution in [1.29, 1.82) is 0 Å². The van der Waals surface area contributed by atoms with Crippen LogP contribution in [-0.4, -0.2) is 55.4 Å². The Morgan fingerprint density at radius 1 is 1.57 bits per heavy atom. The number of hydrogen-bond acceptors (Lipinski definition) is 4. The van der Waals surface area contributed by atoms with Crippen LogP contribution < -0.4 is 5.32 Å². The molecule has 0 radical (unpaired) electrons. The fourth-order valence-electron chi connectivity index (χ4n) is 2.64. The van der Waals surface area contributed by atoms with Gasteiger partial charge in [0.15, 0.2) is 5.96 Å². The second kappa shape index (κ2) is 9.47. The van der Waals surface area contributed by atoms with Gasteiger partial charge < -0.3 is 20.1 Å². The van der Waals surface area contributed by atoms with E-state index >= 15 is 0 Å². The van der Waals surface area contributed by atoms with Crippen LogP contribution in [0.5, 0.6) is 0 Å². The van der Waals surface area contributed by atoms with E-state index in [-0.39, 0.29) is 0 Å². The van der Waals surface area contributed by atoms with Crippen LogP contribution in [0.4, 0.5) is 0 Å². The van der Waals surface area contributed by atoms with Gasteiger partial charge in [0.05, 0.1) is 17.5 Å². The fourth-order valence-corrected chi connectivity index (χ4v) is 3.68. The zero-order valence-corrected chi connectivity index (χ0v) is 15.4. The third-order valence-electron chi connectivity index (χ3n) is 3.81. The molecule has 2 rings (SSSR count). The second-order valence-electron chi connectivity index (χ2n) is 5.61. The Balaban J connectivity index is 1.92. The summed E-state index contributed by atoms with van der Waals surface area (Å²) < 4.78 is 6.21. The predicted octanol–water partition coefficient (Wildman–Crippen LogP) is 2.76. The van der Waals surface area contributed by atoms with Gasteiger partial charge in [0, 0.05) is 37.0 Å². The first-order valence-electron chi connectivity index (χ1n) is 8.18. The number of guanidine groups is 1. The molecule has 0 aromatic carbocycles. The van der Waals surface area contributed by atoms with E-state index in [9.17, 15) is 5.11 Å². The third kappa shape index (κ3) is 5.64. The number of nitrogens with one attached hydrogen (secondary N) is 1. The Hall–Kier alpha value is -0.820. The van der Waals surface area contributed by atoms with Gasteiger partial charge in [-0.3, -0.25) is 4.99 Å². The average Bonchev–Trinajstić information content (AvgIpc) is 3.18. The average molecular weight is 360 g/mol. The number of aliphatic hydroxyl groups is 1. The molecular formula is C16H26ClN3O2S. The van der Waals surface area contributed by atoms with Gasteiger partial charge in [0.1, 0.15) is 6.10 Å². The van der Waals surface area contributed by atoms with Gasteiger partial charge in [-0.25, -0.2) is 0 Å². The largest absolute Gasteiger partial charge is 0.386 e. The molecule has 0 saturated carbocycles. The van der Waals surface area contributed by atoms with Crippen molar-refractivity contribution in [3.05, 3.63) is 21.3 Å². The van der Waals surface area contributed by atoms with Gasteiger partial charge in [-0.2, -0.15) is 0 Å². The first-order valence-corrected chi connectivity index (χ1v) is 9.37. The lowest BCUT2D eigenvalue weighted by Crippen LogP contribution is -2.40. The molecule has 2 unspecified atom stereocenters. The highest BCUT2D eigenvalue weighted by molar-refractivity contribution is 7.16. The van der Waals surface area contributed by atoms with Crippen molar-refractivity contribution in [1.82, 2.24) is 10.2 Å². The van der Waals surface area contributed by atoms with Crippen LogP contribution in [-0.2, 0) is 4.74 Å². The van der Waals surface area contributed by atoms with Crippen LogP contribution in [0, 0.1) is 5.92 Å². The lowest BCUT2D eigenvalue weighted by Gasteiger charge is -2.22. The molecule has 2 heterocycles. The zero-order valence-electron chi connectivity index (χ0n) is 13.8. The molecule has 2 N–H and O–H groups in total. The minimum Gasteiger partial charge on any atom is -0.386 e. The quantitative estimate of drug-likeness (QED) is 0.580. The smallest absolute Gasteiger partial charge is 0.194 e. The molecule has 1 aromatic heterocycles. The minimum absolute atomic E-state index is 0.339. The maximum absolute atomic E-state index is 10.2. The molecule has 1 saturated heterocycles. The van der Waals surface area contributed by atoms with Crippen LogP contribution in [0.15, 0.2) is 17.1 Å². The topological polar surface area (TPSA) is 57.1 Å². The highest BCUT2D eigenvalue weighted by Gasteiger charge is 2.25. The standard InChI is InChI=1S/C16H26ClN3O2S/c1-3-18-16(20-8-7-12(10-20)11-22-4-2)19-9-13(21)14-5-6-15(17)23-14/h5-6,12-13,21H,3-4,7-11H2,1-2H3,(H,18,19). The Morgan fingerprint density at radius 2 is 2.39 bits per heavy atom. The lowest BCUT2D eigenvalue weighted by atomic mass is 10.1. The first kappa shape index (κ1) is 18.5. The molecule has 2 atom stereocenters. The number of likely N-dealkylation sites (tertiary alicyclic amines) is 1. The highest BCUT2D eigenvalue weighted by Crippen LogP contribution is 2.27. The molecule has 0 bridgehead atoms. The molecule has 0 aliphatic carbocycles. The summed E-state index contributed by atoms with van der Waals surface area (Å²) in [4.78, 5) is 7.70. The van der Waals surface area contributed by atoms with Gasteiger partial charge in [-0.1, -0.05) is 11.6 Å². The molecule has 0 spiro atoms. The lowest BCUT2D eigenvalue weighted by molar-refractivity contribution is 0.114. The summed E-state index contributed by atoms with van der Waals surface area (Å²) in [7, 11) is 0. The van der Waals surface area contributed by atoms with E-state index < -0.39 is 6.10 Å². The van der Waals surface area contributed by atoms with E-state index in [2.05, 4.69) is 22.1 Å². The second-order valence-corrected chi connectivity index (χ2v) is 7.36. The summed E-state index contributed by atoms with van der Waals surface area (Å²) in [6.45, 7) is 8.73. The summed E-state index contributed by atoms with van der Waals surface area (Å²) >= 11 is 7.32. The molecule has 7 heteroatoms. The summed E-state index contributed by atoms with van der Waals surface area (Å²) in [6, 6.07) is 3.66. The number of ether oxygens (including phenoxy) is 1. The van der Waals surface area contributed by atoms with Crippen molar-refractivity contribution in [3.63, 3.8) is 0 Å². The Morgan fingerprint density at radius 3 is 3.04 bits per heavy atom. The summed E-state index contributed by atoms with van der Waals surface area (Å²) in [5.41, 5.74) is 0. The van der Waals surface area contributed by atoms with Crippen molar-refractivity contribution in [2.45, 2.75) is 26.4 Å². The Bertz CT molecular complexity index is 509. The van der Waals surface area contributed by atoms with Crippen molar-refractivity contribution in [3.8, 4) is 0 Å². The van der Waals surface area contributed by atoms with Crippen molar-refractivity contribution in [2.75, 3.05) is 39.4 Å². The highest BCUT2D eigenvalue weighted by atomic mass is 35.5.